The summed E-state index contributed by atoms with van der Waals surface area (Å²) in [5.41, 5.74) is 2.27. The van der Waals surface area contributed by atoms with E-state index in [1.165, 1.54) is 11.8 Å². The number of carboxylic acids is 1. The summed E-state index contributed by atoms with van der Waals surface area (Å²) in [4.78, 5) is 16.8. The largest absolute Gasteiger partial charge is 0.477 e. The molecule has 1 N–H and O–H groups in total. The monoisotopic (exact) mass is 256 g/mol. The van der Waals surface area contributed by atoms with Gasteiger partial charge in [-0.1, -0.05) is 30.3 Å². The zero-order valence-corrected chi connectivity index (χ0v) is 10.8. The maximum Gasteiger partial charge on any atom is 0.354 e. The van der Waals surface area contributed by atoms with Crippen LogP contribution in [0.2, 0.25) is 0 Å². The summed E-state index contributed by atoms with van der Waals surface area (Å²) >= 11 is 0. The first-order valence-corrected chi connectivity index (χ1v) is 6.06. The summed E-state index contributed by atoms with van der Waals surface area (Å²) in [5.74, 6) is -0.993. The second-order valence-electron chi connectivity index (χ2n) is 4.51. The van der Waals surface area contributed by atoms with E-state index in [1.54, 1.807) is 6.07 Å². The van der Waals surface area contributed by atoms with Gasteiger partial charge in [0.2, 0.25) is 0 Å². The number of carboxylic acid groups (broad SMARTS) is 1. The minimum atomic E-state index is -0.993. The molecule has 0 amide bonds. The Kier molecular flexibility index (Phi) is 4.26. The number of aromatic nitrogens is 1. The van der Waals surface area contributed by atoms with Gasteiger partial charge in [-0.25, -0.2) is 9.78 Å². The number of pyridine rings is 1. The van der Waals surface area contributed by atoms with E-state index in [2.05, 4.69) is 22.0 Å². The lowest BCUT2D eigenvalue weighted by Crippen LogP contribution is -2.17. The fourth-order valence-corrected chi connectivity index (χ4v) is 1.95. The molecule has 0 spiro atoms. The smallest absolute Gasteiger partial charge is 0.354 e. The maximum absolute atomic E-state index is 10.9. The average molecular weight is 256 g/mol. The van der Waals surface area contributed by atoms with Crippen LogP contribution in [-0.2, 0) is 13.1 Å². The van der Waals surface area contributed by atoms with E-state index in [1.807, 2.05) is 31.3 Å². The van der Waals surface area contributed by atoms with Gasteiger partial charge in [0.15, 0.2) is 0 Å². The normalized spacial score (nSPS) is 10.6. The van der Waals surface area contributed by atoms with Crippen molar-refractivity contribution in [2.75, 3.05) is 7.05 Å². The molecule has 0 fully saturated rings. The molecule has 4 nitrogen and oxygen atoms in total. The van der Waals surface area contributed by atoms with Crippen molar-refractivity contribution in [3.05, 3.63) is 65.5 Å². The molecule has 0 atom stereocenters. The van der Waals surface area contributed by atoms with Crippen LogP contribution in [0, 0.1) is 0 Å². The molecule has 1 aromatic carbocycles. The second kappa shape index (κ2) is 6.11. The van der Waals surface area contributed by atoms with Gasteiger partial charge < -0.3 is 5.11 Å². The first kappa shape index (κ1) is 13.2. The highest BCUT2D eigenvalue weighted by atomic mass is 16.4. The highest BCUT2D eigenvalue weighted by Gasteiger charge is 2.07. The number of hydrogen-bond donors (Lipinski definition) is 1. The Morgan fingerprint density at radius 3 is 2.53 bits per heavy atom. The molecule has 19 heavy (non-hydrogen) atoms. The van der Waals surface area contributed by atoms with Gasteiger partial charge >= 0.3 is 5.97 Å². The molecule has 0 saturated heterocycles. The van der Waals surface area contributed by atoms with Crippen molar-refractivity contribution in [3.63, 3.8) is 0 Å². The van der Waals surface area contributed by atoms with Crippen LogP contribution >= 0.6 is 0 Å². The predicted octanol–water partition coefficient (Wildman–Crippen LogP) is 2.41. The van der Waals surface area contributed by atoms with Crippen LogP contribution in [0.15, 0.2) is 48.7 Å². The van der Waals surface area contributed by atoms with Crippen LogP contribution < -0.4 is 0 Å². The third-order valence-electron chi connectivity index (χ3n) is 2.79. The van der Waals surface area contributed by atoms with E-state index < -0.39 is 5.97 Å². The van der Waals surface area contributed by atoms with Crippen LogP contribution in [-0.4, -0.2) is 28.0 Å². The lowest BCUT2D eigenvalue weighted by atomic mass is 10.2. The summed E-state index contributed by atoms with van der Waals surface area (Å²) in [5, 5.41) is 8.90. The summed E-state index contributed by atoms with van der Waals surface area (Å²) in [7, 11) is 2.01. The van der Waals surface area contributed by atoms with Gasteiger partial charge in [0.1, 0.15) is 5.69 Å². The number of hydrogen-bond acceptors (Lipinski definition) is 3. The van der Waals surface area contributed by atoms with Gasteiger partial charge in [0, 0.05) is 19.3 Å². The second-order valence-corrected chi connectivity index (χ2v) is 4.51. The quantitative estimate of drug-likeness (QED) is 0.892. The Morgan fingerprint density at radius 2 is 1.84 bits per heavy atom. The van der Waals surface area contributed by atoms with Gasteiger partial charge in [-0.2, -0.15) is 0 Å². The van der Waals surface area contributed by atoms with Crippen molar-refractivity contribution in [2.24, 2.45) is 0 Å². The number of rotatable bonds is 5. The highest BCUT2D eigenvalue weighted by molar-refractivity contribution is 5.85. The molecular formula is C15H16N2O2. The van der Waals surface area contributed by atoms with E-state index >= 15 is 0 Å². The van der Waals surface area contributed by atoms with Crippen molar-refractivity contribution in [2.45, 2.75) is 13.1 Å². The first-order chi connectivity index (χ1) is 9.15. The molecule has 0 radical (unpaired) electrons. The molecule has 0 bridgehead atoms. The molecule has 0 aliphatic heterocycles. The standard InChI is InChI=1S/C15H16N2O2/c1-17(10-12-5-3-2-4-6-12)11-13-7-8-16-14(9-13)15(18)19/h2-9H,10-11H2,1H3,(H,18,19). The minimum Gasteiger partial charge on any atom is -0.477 e. The summed E-state index contributed by atoms with van der Waals surface area (Å²) in [6, 6.07) is 13.6. The van der Waals surface area contributed by atoms with E-state index in [0.717, 1.165) is 12.1 Å². The van der Waals surface area contributed by atoms with Gasteiger partial charge in [0.25, 0.3) is 0 Å². The fourth-order valence-electron chi connectivity index (χ4n) is 1.95. The lowest BCUT2D eigenvalue weighted by Gasteiger charge is -2.16. The molecular weight excluding hydrogens is 240 g/mol. The van der Waals surface area contributed by atoms with E-state index in [0.29, 0.717) is 6.54 Å². The number of aromatic carboxylic acids is 1. The molecule has 98 valence electrons. The third-order valence-corrected chi connectivity index (χ3v) is 2.79. The summed E-state index contributed by atoms with van der Waals surface area (Å²) < 4.78 is 0. The number of carbonyl (C=O) groups is 1. The van der Waals surface area contributed by atoms with E-state index in [4.69, 9.17) is 5.11 Å². The molecule has 0 unspecified atom stereocenters. The Labute approximate surface area is 112 Å². The molecule has 0 aliphatic carbocycles. The maximum atomic E-state index is 10.9. The van der Waals surface area contributed by atoms with Crippen molar-refractivity contribution < 1.29 is 9.90 Å². The van der Waals surface area contributed by atoms with Crippen molar-refractivity contribution in [1.82, 2.24) is 9.88 Å². The van der Waals surface area contributed by atoms with Gasteiger partial charge in [0.05, 0.1) is 0 Å². The van der Waals surface area contributed by atoms with Crippen LogP contribution in [0.5, 0.6) is 0 Å². The highest BCUT2D eigenvalue weighted by Crippen LogP contribution is 2.08. The van der Waals surface area contributed by atoms with Crippen molar-refractivity contribution in [1.29, 1.82) is 0 Å². The minimum absolute atomic E-state index is 0.0885. The zero-order chi connectivity index (χ0) is 13.7. The van der Waals surface area contributed by atoms with E-state index in [9.17, 15) is 4.79 Å². The first-order valence-electron chi connectivity index (χ1n) is 6.06. The Morgan fingerprint density at radius 1 is 1.16 bits per heavy atom. The number of benzene rings is 1. The zero-order valence-electron chi connectivity index (χ0n) is 10.8. The van der Waals surface area contributed by atoms with Crippen LogP contribution in [0.4, 0.5) is 0 Å². The lowest BCUT2D eigenvalue weighted by molar-refractivity contribution is 0.0690. The van der Waals surface area contributed by atoms with Crippen LogP contribution in [0.25, 0.3) is 0 Å². The fraction of sp³-hybridized carbons (Fsp3) is 0.200. The molecule has 2 rings (SSSR count). The van der Waals surface area contributed by atoms with E-state index in [-0.39, 0.29) is 5.69 Å². The summed E-state index contributed by atoms with van der Waals surface area (Å²) in [6.07, 6.45) is 1.54. The Bertz CT molecular complexity index is 555. The predicted molar refractivity (Wildman–Crippen MR) is 72.8 cm³/mol. The SMILES string of the molecule is CN(Cc1ccccc1)Cc1ccnc(C(=O)O)c1. The molecule has 0 saturated carbocycles. The molecule has 4 heteroatoms. The molecule has 1 heterocycles. The Balaban J connectivity index is 2.01. The van der Waals surface area contributed by atoms with Crippen LogP contribution in [0.1, 0.15) is 21.6 Å². The van der Waals surface area contributed by atoms with Gasteiger partial charge in [-0.05, 0) is 30.3 Å². The molecule has 1 aromatic heterocycles. The van der Waals surface area contributed by atoms with Crippen molar-refractivity contribution in [3.8, 4) is 0 Å². The van der Waals surface area contributed by atoms with Gasteiger partial charge in [-0.15, -0.1) is 0 Å². The topological polar surface area (TPSA) is 53.4 Å². The van der Waals surface area contributed by atoms with Crippen molar-refractivity contribution >= 4 is 5.97 Å². The molecule has 0 aliphatic rings. The number of nitrogens with zero attached hydrogens (tertiary/aromatic N) is 2. The summed E-state index contributed by atoms with van der Waals surface area (Å²) in [6.45, 7) is 1.52. The van der Waals surface area contributed by atoms with Crippen LogP contribution in [0.3, 0.4) is 0 Å². The average Bonchev–Trinajstić information content (AvgIpc) is 2.40. The Hall–Kier alpha value is -2.20. The third kappa shape index (κ3) is 3.89. The van der Waals surface area contributed by atoms with Gasteiger partial charge in [-0.3, -0.25) is 4.90 Å². The molecule has 2 aromatic rings.